The molecule has 0 bridgehead atoms. The fourth-order valence-electron chi connectivity index (χ4n) is 5.21. The van der Waals surface area contributed by atoms with Gasteiger partial charge in [0.05, 0.1) is 46.8 Å². The average molecular weight is 562 g/mol. The molecule has 41 heavy (non-hydrogen) atoms. The third-order valence-electron chi connectivity index (χ3n) is 7.19. The van der Waals surface area contributed by atoms with E-state index in [9.17, 15) is 29.3 Å². The van der Waals surface area contributed by atoms with Crippen LogP contribution >= 0.6 is 0 Å². The van der Waals surface area contributed by atoms with Crippen molar-refractivity contribution in [1.29, 1.82) is 0 Å². The minimum absolute atomic E-state index is 0.112. The van der Waals surface area contributed by atoms with E-state index in [1.165, 1.54) is 30.2 Å². The lowest BCUT2D eigenvalue weighted by Crippen LogP contribution is -2.32. The highest BCUT2D eigenvalue weighted by Gasteiger charge is 2.38. The Balaban J connectivity index is 1.36. The number of hydrogen-bond acceptors (Lipinski definition) is 9. The van der Waals surface area contributed by atoms with E-state index >= 15 is 0 Å². The predicted molar refractivity (Wildman–Crippen MR) is 148 cm³/mol. The summed E-state index contributed by atoms with van der Waals surface area (Å²) in [6.45, 7) is 3.78. The number of dihydropyridines is 1. The van der Waals surface area contributed by atoms with Crippen LogP contribution in [0.15, 0.2) is 71.1 Å². The number of nitro groups is 1. The molecule has 2 aliphatic heterocycles. The second kappa shape index (κ2) is 12.6. The molecule has 0 radical (unpaired) electrons. The quantitative estimate of drug-likeness (QED) is 0.139. The van der Waals surface area contributed by atoms with Gasteiger partial charge < -0.3 is 14.8 Å². The van der Waals surface area contributed by atoms with Gasteiger partial charge in [-0.15, -0.1) is 0 Å². The van der Waals surface area contributed by atoms with Crippen LogP contribution in [0.3, 0.4) is 0 Å². The second-order valence-electron chi connectivity index (χ2n) is 9.84. The van der Waals surface area contributed by atoms with Gasteiger partial charge in [0.2, 0.25) is 0 Å². The fourth-order valence-corrected chi connectivity index (χ4v) is 5.21. The molecule has 11 nitrogen and oxygen atoms in total. The Kier molecular flexibility index (Phi) is 8.96. The number of amides is 2. The molecule has 0 aliphatic carbocycles. The van der Waals surface area contributed by atoms with Crippen LogP contribution in [0, 0.1) is 10.1 Å². The number of unbranched alkanes of at least 4 members (excludes halogenated alkanes) is 3. The predicted octanol–water partition coefficient (Wildman–Crippen LogP) is 4.40. The Morgan fingerprint density at radius 1 is 0.902 bits per heavy atom. The Labute approximate surface area is 237 Å². The van der Waals surface area contributed by atoms with Crippen LogP contribution in [0.25, 0.3) is 0 Å². The Hall–Kier alpha value is -4.80. The van der Waals surface area contributed by atoms with Crippen molar-refractivity contribution in [1.82, 2.24) is 10.2 Å². The Bertz CT molecular complexity index is 1440. The van der Waals surface area contributed by atoms with E-state index in [0.717, 1.165) is 6.42 Å². The maximum absolute atomic E-state index is 13.3. The van der Waals surface area contributed by atoms with Crippen LogP contribution in [0.4, 0.5) is 5.69 Å². The number of methoxy groups -OCH3 is 1. The standard InChI is InChI=1S/C30H31N3O8/c1-18-24(29(36)40-3)26(20-11-10-12-21(17-20)33(38)39)25(19(2)31-18)30(37)41-16-9-5-4-8-15-32-27(34)22-13-6-7-14-23(22)28(32)35/h6-7,10-14,17,26,31H,4-5,8-9,15-16H2,1-3H3. The summed E-state index contributed by atoms with van der Waals surface area (Å²) in [6, 6.07) is 12.6. The van der Waals surface area contributed by atoms with E-state index in [1.54, 1.807) is 44.2 Å². The normalized spacial score (nSPS) is 16.5. The van der Waals surface area contributed by atoms with Crippen LogP contribution in [-0.4, -0.2) is 53.8 Å². The summed E-state index contributed by atoms with van der Waals surface area (Å²) in [4.78, 5) is 63.1. The summed E-state index contributed by atoms with van der Waals surface area (Å²) >= 11 is 0. The number of fused-ring (bicyclic) bond motifs is 1. The van der Waals surface area contributed by atoms with Crippen molar-refractivity contribution in [3.63, 3.8) is 0 Å². The van der Waals surface area contributed by atoms with Crippen molar-refractivity contribution in [3.8, 4) is 0 Å². The molecule has 1 atom stereocenters. The van der Waals surface area contributed by atoms with E-state index in [-0.39, 0.29) is 35.3 Å². The van der Waals surface area contributed by atoms with E-state index in [2.05, 4.69) is 5.32 Å². The lowest BCUT2D eigenvalue weighted by atomic mass is 9.80. The second-order valence-corrected chi connectivity index (χ2v) is 9.84. The van der Waals surface area contributed by atoms with E-state index in [4.69, 9.17) is 9.47 Å². The van der Waals surface area contributed by atoms with E-state index < -0.39 is 22.8 Å². The zero-order valence-electron chi connectivity index (χ0n) is 23.1. The van der Waals surface area contributed by atoms with Crippen molar-refractivity contribution in [2.24, 2.45) is 0 Å². The average Bonchev–Trinajstić information content (AvgIpc) is 3.20. The molecule has 0 aromatic heterocycles. The molecular formula is C30H31N3O8. The largest absolute Gasteiger partial charge is 0.466 e. The number of rotatable bonds is 11. The van der Waals surface area contributed by atoms with Crippen LogP contribution in [0.2, 0.25) is 0 Å². The van der Waals surface area contributed by atoms with E-state index in [0.29, 0.717) is 53.9 Å². The highest BCUT2D eigenvalue weighted by atomic mass is 16.6. The van der Waals surface area contributed by atoms with Crippen molar-refractivity contribution in [2.75, 3.05) is 20.3 Å². The molecular weight excluding hydrogens is 530 g/mol. The number of benzene rings is 2. The number of allylic oxidation sites excluding steroid dienone is 2. The molecule has 1 N–H and O–H groups in total. The molecule has 2 aromatic carbocycles. The van der Waals surface area contributed by atoms with Crippen LogP contribution in [-0.2, 0) is 19.1 Å². The van der Waals surface area contributed by atoms with Gasteiger partial charge in [-0.3, -0.25) is 24.6 Å². The van der Waals surface area contributed by atoms with Gasteiger partial charge in [-0.05, 0) is 50.8 Å². The number of nitro benzene ring substituents is 1. The number of imide groups is 1. The first-order valence-electron chi connectivity index (χ1n) is 13.3. The number of carbonyl (C=O) groups is 4. The van der Waals surface area contributed by atoms with Crippen LogP contribution < -0.4 is 5.32 Å². The number of hydrogen-bond donors (Lipinski definition) is 1. The highest BCUT2D eigenvalue weighted by Crippen LogP contribution is 2.40. The van der Waals surface area contributed by atoms with Crippen molar-refractivity contribution in [3.05, 3.63) is 97.9 Å². The number of carbonyl (C=O) groups excluding carboxylic acids is 4. The minimum atomic E-state index is -0.921. The Morgan fingerprint density at radius 2 is 1.51 bits per heavy atom. The molecule has 214 valence electrons. The van der Waals surface area contributed by atoms with Gasteiger partial charge in [0.25, 0.3) is 17.5 Å². The molecule has 2 amide bonds. The molecule has 2 heterocycles. The zero-order chi connectivity index (χ0) is 29.7. The van der Waals surface area contributed by atoms with Crippen molar-refractivity contribution < 1.29 is 33.6 Å². The molecule has 11 heteroatoms. The maximum atomic E-state index is 13.3. The maximum Gasteiger partial charge on any atom is 0.336 e. The first-order chi connectivity index (χ1) is 19.6. The topological polar surface area (TPSA) is 145 Å². The number of non-ortho nitro benzene ring substituents is 1. The fraction of sp³-hybridized carbons (Fsp3) is 0.333. The summed E-state index contributed by atoms with van der Waals surface area (Å²) in [5.41, 5.74) is 2.35. The van der Waals surface area contributed by atoms with Gasteiger partial charge in [-0.2, -0.15) is 0 Å². The number of nitrogens with one attached hydrogen (secondary N) is 1. The summed E-state index contributed by atoms with van der Waals surface area (Å²) in [7, 11) is 1.23. The molecule has 0 saturated heterocycles. The first-order valence-corrected chi connectivity index (χ1v) is 13.3. The van der Waals surface area contributed by atoms with Gasteiger partial charge in [0, 0.05) is 30.1 Å². The summed E-state index contributed by atoms with van der Waals surface area (Å²) in [5.74, 6) is -2.79. The molecule has 0 saturated carbocycles. The molecule has 2 aromatic rings. The summed E-state index contributed by atoms with van der Waals surface area (Å²) in [6.07, 6.45) is 2.59. The zero-order valence-corrected chi connectivity index (χ0v) is 23.1. The third-order valence-corrected chi connectivity index (χ3v) is 7.19. The smallest absolute Gasteiger partial charge is 0.336 e. The van der Waals surface area contributed by atoms with Gasteiger partial charge in [-0.1, -0.05) is 30.7 Å². The monoisotopic (exact) mass is 561 g/mol. The lowest BCUT2D eigenvalue weighted by Gasteiger charge is -2.30. The van der Waals surface area contributed by atoms with Crippen molar-refractivity contribution in [2.45, 2.75) is 45.4 Å². The van der Waals surface area contributed by atoms with Gasteiger partial charge in [0.1, 0.15) is 0 Å². The van der Waals surface area contributed by atoms with Gasteiger partial charge in [-0.25, -0.2) is 9.59 Å². The molecule has 2 aliphatic rings. The molecule has 4 rings (SSSR count). The summed E-state index contributed by atoms with van der Waals surface area (Å²) in [5, 5.41) is 14.4. The van der Waals surface area contributed by atoms with Crippen molar-refractivity contribution >= 4 is 29.4 Å². The lowest BCUT2D eigenvalue weighted by molar-refractivity contribution is -0.384. The molecule has 1 unspecified atom stereocenters. The number of nitrogens with zero attached hydrogens (tertiary/aromatic N) is 2. The van der Waals surface area contributed by atoms with Crippen LogP contribution in [0.1, 0.15) is 71.7 Å². The highest BCUT2D eigenvalue weighted by molar-refractivity contribution is 6.21. The summed E-state index contributed by atoms with van der Waals surface area (Å²) < 4.78 is 10.5. The SMILES string of the molecule is COC(=O)C1=C(C)NC(C)=C(C(=O)OCCCCCCN2C(=O)c3ccccc3C2=O)C1c1cccc([N+](=O)[O-])c1. The molecule has 0 fully saturated rings. The van der Waals surface area contributed by atoms with Gasteiger partial charge in [0.15, 0.2) is 0 Å². The third kappa shape index (κ3) is 6.03. The van der Waals surface area contributed by atoms with Crippen LogP contribution in [0.5, 0.6) is 0 Å². The first kappa shape index (κ1) is 29.2. The number of esters is 2. The molecule has 0 spiro atoms. The number of ether oxygens (including phenoxy) is 2. The minimum Gasteiger partial charge on any atom is -0.466 e. The van der Waals surface area contributed by atoms with Gasteiger partial charge >= 0.3 is 11.9 Å². The Morgan fingerprint density at radius 3 is 2.12 bits per heavy atom. The van der Waals surface area contributed by atoms with E-state index in [1.807, 2.05) is 0 Å².